The first-order valence-corrected chi connectivity index (χ1v) is 13.7. The Hall–Kier alpha value is -4.02. The minimum absolute atomic E-state index is 0.0791. The quantitative estimate of drug-likeness (QED) is 0.317. The van der Waals surface area contributed by atoms with Gasteiger partial charge in [0.25, 0.3) is 5.56 Å². The lowest BCUT2D eigenvalue weighted by molar-refractivity contribution is 0.209. The molecule has 204 valence electrons. The van der Waals surface area contributed by atoms with Gasteiger partial charge in [-0.25, -0.2) is 14.8 Å². The first-order valence-electron chi connectivity index (χ1n) is 15.9. The van der Waals surface area contributed by atoms with Gasteiger partial charge in [0.1, 0.15) is 26.5 Å². The molecule has 3 aromatic heterocycles. The number of hydrogen-bond acceptors (Lipinski definition) is 8. The molecule has 2 aromatic carbocycles. The molecule has 1 N–H and O–H groups in total. The molecule has 0 saturated carbocycles. The number of nitrogens with one attached hydrogen (secondary N) is 1. The number of methoxy groups -OCH3 is 1. The second kappa shape index (κ2) is 10.2. The predicted octanol–water partition coefficient (Wildman–Crippen LogP) is 4.26. The van der Waals surface area contributed by atoms with E-state index in [9.17, 15) is 9.59 Å². The number of thiophene rings is 1. The molecule has 0 bridgehead atoms. The number of H-pyrrole nitrogens is 1. The molecule has 2 atom stereocenters. The zero-order valence-electron chi connectivity index (χ0n) is 27.5. The Morgan fingerprint density at radius 1 is 1.15 bits per heavy atom. The second-order valence-electron chi connectivity index (χ2n) is 9.77. The number of benzene rings is 2. The van der Waals surface area contributed by atoms with Crippen LogP contribution in [-0.4, -0.2) is 57.7 Å². The topological polar surface area (TPSA) is 102 Å². The summed E-state index contributed by atoms with van der Waals surface area (Å²) in [6.45, 7) is -3.33. The van der Waals surface area contributed by atoms with Crippen LogP contribution >= 0.6 is 11.3 Å². The van der Waals surface area contributed by atoms with Gasteiger partial charge in [0.05, 0.1) is 31.1 Å². The first-order chi connectivity index (χ1) is 21.8. The predicted molar refractivity (Wildman–Crippen MR) is 156 cm³/mol. The smallest absolute Gasteiger partial charge is 0.328 e. The molecule has 40 heavy (non-hydrogen) atoms. The Labute approximate surface area is 242 Å². The second-order valence-corrected chi connectivity index (χ2v) is 10.8. The van der Waals surface area contributed by atoms with Crippen LogP contribution in [0.3, 0.4) is 0 Å². The monoisotopic (exact) mass is 561 g/mol. The van der Waals surface area contributed by atoms with Gasteiger partial charge < -0.3 is 19.4 Å². The van der Waals surface area contributed by atoms with Crippen LogP contribution in [-0.2, 0) is 6.54 Å². The van der Waals surface area contributed by atoms with Crippen molar-refractivity contribution in [3.05, 3.63) is 81.1 Å². The van der Waals surface area contributed by atoms with Gasteiger partial charge in [0.2, 0.25) is 0 Å². The van der Waals surface area contributed by atoms with E-state index in [-0.39, 0.29) is 35.1 Å². The molecular formula is C30H29N5O4S. The van der Waals surface area contributed by atoms with E-state index in [1.807, 2.05) is 30.3 Å². The van der Waals surface area contributed by atoms with Crippen LogP contribution in [0, 0.1) is 5.92 Å². The maximum atomic E-state index is 13.6. The van der Waals surface area contributed by atoms with E-state index in [4.69, 9.17) is 17.7 Å². The number of likely N-dealkylation sites (tertiary alicyclic amines) is 1. The van der Waals surface area contributed by atoms with Gasteiger partial charge in [0, 0.05) is 50.8 Å². The Balaban J connectivity index is 1.20. The van der Waals surface area contributed by atoms with Crippen LogP contribution in [0.15, 0.2) is 64.3 Å². The fourth-order valence-corrected chi connectivity index (χ4v) is 6.49. The minimum atomic E-state index is -3.16. The van der Waals surface area contributed by atoms with E-state index in [0.717, 1.165) is 22.5 Å². The molecule has 10 heteroatoms. The third-order valence-electron chi connectivity index (χ3n) is 7.44. The highest BCUT2D eigenvalue weighted by Gasteiger charge is 2.40. The highest BCUT2D eigenvalue weighted by atomic mass is 32.1. The Kier molecular flexibility index (Phi) is 4.87. The largest absolute Gasteiger partial charge is 0.496 e. The highest BCUT2D eigenvalue weighted by molar-refractivity contribution is 7.25. The maximum absolute atomic E-state index is 13.6. The van der Waals surface area contributed by atoms with Crippen LogP contribution in [0.1, 0.15) is 32.5 Å². The molecule has 2 aliphatic rings. The van der Waals surface area contributed by atoms with Gasteiger partial charge >= 0.3 is 5.69 Å². The fraction of sp³-hybridized carbons (Fsp3) is 0.333. The molecule has 0 unspecified atom stereocenters. The number of rotatable bonds is 7. The van der Waals surface area contributed by atoms with Crippen molar-refractivity contribution in [1.29, 1.82) is 0 Å². The van der Waals surface area contributed by atoms with Crippen molar-refractivity contribution in [1.82, 2.24) is 24.4 Å². The molecule has 5 aromatic rings. The number of hydrogen-bond donors (Lipinski definition) is 1. The molecule has 9 nitrogen and oxygen atoms in total. The summed E-state index contributed by atoms with van der Waals surface area (Å²) in [7, 11) is 1.53. The summed E-state index contributed by atoms with van der Waals surface area (Å²) in [5, 5.41) is 0. The summed E-state index contributed by atoms with van der Waals surface area (Å²) >= 11 is 0.986. The van der Waals surface area contributed by atoms with Crippen molar-refractivity contribution < 1.29 is 17.7 Å². The standard InChI is InChI=1S/C30H29N5O4S/c1-38-22-10-7-11-23-24(22)20-16-34(15-19(20)17-39-23)12-5-6-13-35-29(36)27-25(33-30(35)37)26-28(40-27)31-14-21(32-26)18-8-3-2-4-9-18/h2-4,7-11,14,19-20H,5-6,12-13,15-17H2,1H3,(H,33,37)/t19-,20-/m1/s1/i5D2,6D2,12D2. The lowest BCUT2D eigenvalue weighted by atomic mass is 9.86. The summed E-state index contributed by atoms with van der Waals surface area (Å²) in [5.74, 6) is 0.816. The summed E-state index contributed by atoms with van der Waals surface area (Å²) in [5.41, 5.74) is 0.792. The Morgan fingerprint density at radius 2 is 2.02 bits per heavy atom. The van der Waals surface area contributed by atoms with Gasteiger partial charge in [-0.15, -0.1) is 11.3 Å². The number of aromatic amines is 1. The van der Waals surface area contributed by atoms with Crippen molar-refractivity contribution in [2.45, 2.75) is 25.2 Å². The molecule has 5 heterocycles. The van der Waals surface area contributed by atoms with E-state index in [2.05, 4.69) is 15.0 Å². The fourth-order valence-electron chi connectivity index (χ4n) is 5.50. The zero-order valence-corrected chi connectivity index (χ0v) is 22.3. The summed E-state index contributed by atoms with van der Waals surface area (Å²) in [6.07, 6.45) is -4.59. The molecule has 0 amide bonds. The van der Waals surface area contributed by atoms with Gasteiger partial charge in [0.15, 0.2) is 0 Å². The van der Waals surface area contributed by atoms with Gasteiger partial charge in [-0.3, -0.25) is 9.36 Å². The summed E-state index contributed by atoms with van der Waals surface area (Å²) < 4.78 is 65.0. The highest BCUT2D eigenvalue weighted by Crippen LogP contribution is 2.46. The van der Waals surface area contributed by atoms with Crippen LogP contribution in [0.5, 0.6) is 11.5 Å². The van der Waals surface area contributed by atoms with Crippen molar-refractivity contribution in [2.75, 3.05) is 33.3 Å². The molecule has 0 spiro atoms. The van der Waals surface area contributed by atoms with E-state index >= 15 is 0 Å². The van der Waals surface area contributed by atoms with Gasteiger partial charge in [-0.1, -0.05) is 36.4 Å². The number of nitrogens with zero attached hydrogens (tertiary/aromatic N) is 4. The Morgan fingerprint density at radius 3 is 2.88 bits per heavy atom. The van der Waals surface area contributed by atoms with Crippen LogP contribution in [0.25, 0.3) is 31.8 Å². The SMILES string of the molecule is [2H]C([2H])(Cn1c(=O)[nH]c2c(sc3ncc(-c4ccccc4)nc32)c1=O)C([2H])([2H])C([2H])([2H])N1C[C@@H]2COc3cccc(OC)c3[C@@H]2C1. The zero-order chi connectivity index (χ0) is 32.6. The van der Waals surface area contributed by atoms with E-state index < -0.39 is 37.0 Å². The van der Waals surface area contributed by atoms with E-state index in [1.54, 1.807) is 24.4 Å². The molecule has 7 rings (SSSR count). The lowest BCUT2D eigenvalue weighted by Gasteiger charge is -2.29. The van der Waals surface area contributed by atoms with Crippen molar-refractivity contribution in [2.24, 2.45) is 5.92 Å². The number of aromatic nitrogens is 4. The van der Waals surface area contributed by atoms with E-state index in [1.165, 1.54) is 12.0 Å². The third-order valence-corrected chi connectivity index (χ3v) is 8.51. The van der Waals surface area contributed by atoms with Gasteiger partial charge in [-0.05, 0) is 31.4 Å². The normalized spacial score (nSPS) is 21.8. The van der Waals surface area contributed by atoms with Crippen molar-refractivity contribution >= 4 is 31.9 Å². The van der Waals surface area contributed by atoms with Crippen LogP contribution in [0.4, 0.5) is 0 Å². The van der Waals surface area contributed by atoms with Crippen molar-refractivity contribution in [3.63, 3.8) is 0 Å². The number of fused-ring (bicyclic) bond motifs is 6. The first kappa shape index (κ1) is 19.1. The van der Waals surface area contributed by atoms with Crippen molar-refractivity contribution in [3.8, 4) is 22.8 Å². The average molecular weight is 562 g/mol. The molecule has 1 saturated heterocycles. The number of ether oxygens (including phenoxy) is 2. The summed E-state index contributed by atoms with van der Waals surface area (Å²) in [4.78, 5) is 40.2. The summed E-state index contributed by atoms with van der Waals surface area (Å²) in [6, 6.07) is 14.7. The third kappa shape index (κ3) is 4.28. The Bertz CT molecular complexity index is 2090. The molecule has 0 aliphatic carbocycles. The van der Waals surface area contributed by atoms with Gasteiger partial charge in [-0.2, -0.15) is 0 Å². The molecule has 0 radical (unpaired) electrons. The molecular weight excluding hydrogens is 526 g/mol. The average Bonchev–Trinajstić information content (AvgIpc) is 3.65. The van der Waals surface area contributed by atoms with Crippen LogP contribution < -0.4 is 20.7 Å². The minimum Gasteiger partial charge on any atom is -0.496 e. The lowest BCUT2D eigenvalue weighted by Crippen LogP contribution is -2.34. The molecule has 2 aliphatic heterocycles. The molecule has 1 fully saturated rings. The maximum Gasteiger partial charge on any atom is 0.328 e. The van der Waals surface area contributed by atoms with E-state index in [0.29, 0.717) is 38.7 Å². The van der Waals surface area contributed by atoms with Crippen LogP contribution in [0.2, 0.25) is 0 Å².